The Labute approximate surface area is 155 Å². The summed E-state index contributed by atoms with van der Waals surface area (Å²) < 4.78 is 10.7. The molecule has 0 N–H and O–H groups in total. The molecule has 4 fully saturated rings. The summed E-state index contributed by atoms with van der Waals surface area (Å²) in [6, 6.07) is 0.471. The van der Waals surface area contributed by atoms with E-state index in [1.54, 1.807) is 0 Å². The standard InChI is InChI=1S/C19H30N4O3/c1-14-18(15(2)26-20-14)12-21-9-16-3-4-17(11-21)23(10-16)13-19(24)22-5-7-25-8-6-22/h16-17H,3-13H2,1-2H3/t16-,17+/m1/s1. The maximum Gasteiger partial charge on any atom is 0.236 e. The molecule has 2 atom stereocenters. The molecule has 0 aliphatic carbocycles. The van der Waals surface area contributed by atoms with E-state index in [0.29, 0.717) is 31.7 Å². The highest BCUT2D eigenvalue weighted by Gasteiger charge is 2.36. The molecule has 4 aliphatic heterocycles. The van der Waals surface area contributed by atoms with Crippen LogP contribution in [0.5, 0.6) is 0 Å². The second-order valence-electron chi connectivity index (χ2n) is 8.02. The minimum atomic E-state index is 0.262. The fourth-order valence-corrected chi connectivity index (χ4v) is 4.64. The molecule has 2 bridgehead atoms. The highest BCUT2D eigenvalue weighted by molar-refractivity contribution is 5.78. The van der Waals surface area contributed by atoms with Gasteiger partial charge in [-0.15, -0.1) is 0 Å². The van der Waals surface area contributed by atoms with Gasteiger partial charge in [0.15, 0.2) is 0 Å². The summed E-state index contributed by atoms with van der Waals surface area (Å²) in [5.41, 5.74) is 2.22. The van der Waals surface area contributed by atoms with Gasteiger partial charge in [0.2, 0.25) is 5.91 Å². The molecule has 4 saturated heterocycles. The van der Waals surface area contributed by atoms with Crippen LogP contribution in [0.2, 0.25) is 0 Å². The summed E-state index contributed by atoms with van der Waals surface area (Å²) in [4.78, 5) is 19.6. The van der Waals surface area contributed by atoms with Gasteiger partial charge >= 0.3 is 0 Å². The summed E-state index contributed by atoms with van der Waals surface area (Å²) in [6.45, 7) is 11.4. The number of aryl methyl sites for hydroxylation is 2. The van der Waals surface area contributed by atoms with Crippen LogP contribution in [0.25, 0.3) is 0 Å². The monoisotopic (exact) mass is 362 g/mol. The van der Waals surface area contributed by atoms with E-state index in [9.17, 15) is 4.79 Å². The summed E-state index contributed by atoms with van der Waals surface area (Å²) in [5, 5.41) is 4.09. The Morgan fingerprint density at radius 3 is 2.69 bits per heavy atom. The third kappa shape index (κ3) is 3.80. The van der Waals surface area contributed by atoms with Crippen LogP contribution >= 0.6 is 0 Å². The molecule has 26 heavy (non-hydrogen) atoms. The number of aromatic nitrogens is 1. The predicted molar refractivity (Wildman–Crippen MR) is 96.7 cm³/mol. The predicted octanol–water partition coefficient (Wildman–Crippen LogP) is 1.05. The van der Waals surface area contributed by atoms with Gasteiger partial charge in [0, 0.05) is 50.9 Å². The average Bonchev–Trinajstić information content (AvgIpc) is 2.82. The maximum atomic E-state index is 12.7. The third-order valence-electron chi connectivity index (χ3n) is 6.17. The molecule has 0 aromatic carbocycles. The van der Waals surface area contributed by atoms with Gasteiger partial charge in [-0.3, -0.25) is 14.6 Å². The summed E-state index contributed by atoms with van der Waals surface area (Å²) >= 11 is 0. The first-order valence-electron chi connectivity index (χ1n) is 9.84. The largest absolute Gasteiger partial charge is 0.378 e. The van der Waals surface area contributed by atoms with E-state index in [1.165, 1.54) is 18.4 Å². The second-order valence-corrected chi connectivity index (χ2v) is 8.02. The van der Waals surface area contributed by atoms with Crippen LogP contribution in [0.4, 0.5) is 0 Å². The number of carbonyl (C=O) groups is 1. The smallest absolute Gasteiger partial charge is 0.236 e. The van der Waals surface area contributed by atoms with Crippen molar-refractivity contribution >= 4 is 5.91 Å². The first-order valence-corrected chi connectivity index (χ1v) is 9.84. The number of hydrogen-bond donors (Lipinski definition) is 0. The molecule has 4 aliphatic rings. The van der Waals surface area contributed by atoms with Crippen molar-refractivity contribution in [2.75, 3.05) is 52.5 Å². The minimum absolute atomic E-state index is 0.262. The van der Waals surface area contributed by atoms with Gasteiger partial charge in [-0.25, -0.2) is 0 Å². The van der Waals surface area contributed by atoms with Crippen molar-refractivity contribution in [3.63, 3.8) is 0 Å². The van der Waals surface area contributed by atoms with Crippen LogP contribution in [-0.2, 0) is 16.1 Å². The van der Waals surface area contributed by atoms with Crippen molar-refractivity contribution in [2.24, 2.45) is 5.92 Å². The fraction of sp³-hybridized carbons (Fsp3) is 0.789. The Hall–Kier alpha value is -1.44. The Kier molecular flexibility index (Phi) is 5.29. The van der Waals surface area contributed by atoms with E-state index in [2.05, 4.69) is 15.0 Å². The van der Waals surface area contributed by atoms with Crippen molar-refractivity contribution in [1.29, 1.82) is 0 Å². The van der Waals surface area contributed by atoms with E-state index >= 15 is 0 Å². The topological polar surface area (TPSA) is 62.1 Å². The van der Waals surface area contributed by atoms with Crippen molar-refractivity contribution in [3.8, 4) is 0 Å². The zero-order valence-electron chi connectivity index (χ0n) is 15.9. The molecule has 0 unspecified atom stereocenters. The van der Waals surface area contributed by atoms with Crippen LogP contribution in [0, 0.1) is 19.8 Å². The van der Waals surface area contributed by atoms with Gasteiger partial charge < -0.3 is 14.2 Å². The van der Waals surface area contributed by atoms with Crippen LogP contribution in [0.1, 0.15) is 29.9 Å². The Morgan fingerprint density at radius 1 is 1.15 bits per heavy atom. The average molecular weight is 362 g/mol. The maximum absolute atomic E-state index is 12.7. The van der Waals surface area contributed by atoms with Crippen molar-refractivity contribution in [2.45, 2.75) is 39.3 Å². The first kappa shape index (κ1) is 17.9. The summed E-state index contributed by atoms with van der Waals surface area (Å²) in [6.07, 6.45) is 2.46. The van der Waals surface area contributed by atoms with Gasteiger partial charge in [0.05, 0.1) is 25.5 Å². The van der Waals surface area contributed by atoms with Crippen molar-refractivity contribution < 1.29 is 14.1 Å². The van der Waals surface area contributed by atoms with Crippen LogP contribution in [0.3, 0.4) is 0 Å². The highest BCUT2D eigenvalue weighted by Crippen LogP contribution is 2.29. The number of morpholine rings is 1. The fourth-order valence-electron chi connectivity index (χ4n) is 4.64. The Bertz CT molecular complexity index is 621. The summed E-state index contributed by atoms with van der Waals surface area (Å²) in [5.74, 6) is 1.84. The zero-order valence-corrected chi connectivity index (χ0v) is 15.9. The van der Waals surface area contributed by atoms with Crippen LogP contribution < -0.4 is 0 Å². The molecule has 0 spiro atoms. The second kappa shape index (κ2) is 7.66. The number of nitrogens with zero attached hydrogens (tertiary/aromatic N) is 4. The van der Waals surface area contributed by atoms with Crippen LogP contribution in [0.15, 0.2) is 4.52 Å². The molecule has 5 heterocycles. The lowest BCUT2D eigenvalue weighted by Crippen LogP contribution is -2.51. The van der Waals surface area contributed by atoms with E-state index in [4.69, 9.17) is 9.26 Å². The molecule has 144 valence electrons. The molecular formula is C19H30N4O3. The number of piperidine rings is 1. The zero-order chi connectivity index (χ0) is 18.1. The molecule has 5 rings (SSSR count). The number of carbonyl (C=O) groups excluding carboxylic acids is 1. The van der Waals surface area contributed by atoms with Gasteiger partial charge in [0.1, 0.15) is 5.76 Å². The lowest BCUT2D eigenvalue weighted by molar-refractivity contribution is -0.137. The van der Waals surface area contributed by atoms with Gasteiger partial charge in [-0.2, -0.15) is 0 Å². The Balaban J connectivity index is 1.39. The quantitative estimate of drug-likeness (QED) is 0.798. The minimum Gasteiger partial charge on any atom is -0.378 e. The van der Waals surface area contributed by atoms with Crippen molar-refractivity contribution in [1.82, 2.24) is 19.9 Å². The first-order chi connectivity index (χ1) is 12.6. The number of fused-ring (bicyclic) bond motifs is 4. The normalized spacial score (nSPS) is 27.7. The molecule has 0 saturated carbocycles. The highest BCUT2D eigenvalue weighted by atomic mass is 16.5. The molecular weight excluding hydrogens is 332 g/mol. The summed E-state index contributed by atoms with van der Waals surface area (Å²) in [7, 11) is 0. The van der Waals surface area contributed by atoms with E-state index < -0.39 is 0 Å². The lowest BCUT2D eigenvalue weighted by Gasteiger charge is -2.37. The van der Waals surface area contributed by atoms with Gasteiger partial charge in [-0.1, -0.05) is 5.16 Å². The number of amides is 1. The van der Waals surface area contributed by atoms with E-state index in [0.717, 1.165) is 50.7 Å². The molecule has 1 aromatic rings. The molecule has 1 amide bonds. The third-order valence-corrected chi connectivity index (χ3v) is 6.17. The van der Waals surface area contributed by atoms with Gasteiger partial charge in [0.25, 0.3) is 0 Å². The lowest BCUT2D eigenvalue weighted by atomic mass is 9.95. The number of ether oxygens (including phenoxy) is 1. The SMILES string of the molecule is Cc1noc(C)c1CN1C[C@H]2CC[C@@H](C1)N(CC(=O)N1CCOCC1)C2. The molecule has 1 aromatic heterocycles. The molecule has 7 nitrogen and oxygen atoms in total. The Morgan fingerprint density at radius 2 is 1.96 bits per heavy atom. The number of rotatable bonds is 4. The van der Waals surface area contributed by atoms with E-state index in [-0.39, 0.29) is 5.91 Å². The molecule has 7 heteroatoms. The van der Waals surface area contributed by atoms with Gasteiger partial charge in [-0.05, 0) is 32.6 Å². The molecule has 0 radical (unpaired) electrons. The van der Waals surface area contributed by atoms with Crippen LogP contribution in [-0.4, -0.2) is 84.3 Å². The number of hydrogen-bond acceptors (Lipinski definition) is 6. The van der Waals surface area contributed by atoms with Crippen molar-refractivity contribution in [3.05, 3.63) is 17.0 Å². The van der Waals surface area contributed by atoms with E-state index in [1.807, 2.05) is 18.7 Å².